The molecule has 19 heavy (non-hydrogen) atoms. The van der Waals surface area contributed by atoms with Crippen LogP contribution in [0.25, 0.3) is 0 Å². The molecule has 102 valence electrons. The summed E-state index contributed by atoms with van der Waals surface area (Å²) in [6, 6.07) is 1.73. The smallest absolute Gasteiger partial charge is 0.307 e. The second-order valence-electron chi connectivity index (χ2n) is 4.80. The summed E-state index contributed by atoms with van der Waals surface area (Å²) in [5, 5.41) is 11.8. The maximum absolute atomic E-state index is 12.0. The fourth-order valence-corrected chi connectivity index (χ4v) is 2.48. The number of amides is 1. The Bertz CT molecular complexity index is 490. The lowest BCUT2D eigenvalue weighted by molar-refractivity contribution is -0.146. The summed E-state index contributed by atoms with van der Waals surface area (Å²) >= 11 is 0. The molecule has 1 heterocycles. The highest BCUT2D eigenvalue weighted by atomic mass is 16.4. The number of hydrogen-bond acceptors (Lipinski definition) is 4. The summed E-state index contributed by atoms with van der Waals surface area (Å²) in [7, 11) is 0. The Hall–Kier alpha value is -1.98. The van der Waals surface area contributed by atoms with Gasteiger partial charge in [-0.25, -0.2) is 9.97 Å². The van der Waals surface area contributed by atoms with Gasteiger partial charge in [-0.05, 0) is 25.8 Å². The van der Waals surface area contributed by atoms with Gasteiger partial charge in [0.15, 0.2) is 0 Å². The van der Waals surface area contributed by atoms with Crippen LogP contribution < -0.4 is 5.32 Å². The van der Waals surface area contributed by atoms with E-state index in [1.165, 1.54) is 0 Å². The zero-order valence-corrected chi connectivity index (χ0v) is 10.8. The summed E-state index contributed by atoms with van der Waals surface area (Å²) in [5.74, 6) is -1.39. The van der Waals surface area contributed by atoms with Crippen LogP contribution in [0.3, 0.4) is 0 Å². The third-order valence-electron chi connectivity index (χ3n) is 3.45. The predicted octanol–water partition coefficient (Wildman–Crippen LogP) is 0.902. The molecule has 2 N–H and O–H groups in total. The zero-order valence-electron chi connectivity index (χ0n) is 10.8. The third kappa shape index (κ3) is 3.27. The fraction of sp³-hybridized carbons (Fsp3) is 0.538. The van der Waals surface area contributed by atoms with Crippen molar-refractivity contribution in [2.24, 2.45) is 11.8 Å². The normalized spacial score (nSPS) is 22.2. The molecule has 2 atom stereocenters. The Kier molecular flexibility index (Phi) is 4.09. The molecule has 0 unspecified atom stereocenters. The van der Waals surface area contributed by atoms with Crippen LogP contribution in [-0.4, -0.2) is 27.0 Å². The zero-order chi connectivity index (χ0) is 13.8. The number of nitrogens with zero attached hydrogens (tertiary/aromatic N) is 2. The molecule has 2 rings (SSSR count). The second kappa shape index (κ2) is 5.77. The Morgan fingerprint density at radius 3 is 2.84 bits per heavy atom. The van der Waals surface area contributed by atoms with Crippen LogP contribution in [0.5, 0.6) is 0 Å². The van der Waals surface area contributed by atoms with Gasteiger partial charge in [0.05, 0.1) is 24.1 Å². The minimum atomic E-state index is -0.879. The number of rotatable bonds is 4. The molecule has 0 saturated heterocycles. The molecule has 0 aliphatic heterocycles. The van der Waals surface area contributed by atoms with Crippen LogP contribution in [-0.2, 0) is 16.1 Å². The number of carboxylic acids is 1. The Morgan fingerprint density at radius 2 is 2.16 bits per heavy atom. The number of aliphatic carboxylic acids is 1. The van der Waals surface area contributed by atoms with Crippen LogP contribution in [0.1, 0.15) is 30.8 Å². The minimum absolute atomic E-state index is 0.193. The summed E-state index contributed by atoms with van der Waals surface area (Å²) in [5.41, 5.74) is 0.728. The van der Waals surface area contributed by atoms with E-state index in [4.69, 9.17) is 5.11 Å². The molecule has 1 amide bonds. The third-order valence-corrected chi connectivity index (χ3v) is 3.45. The van der Waals surface area contributed by atoms with Crippen LogP contribution in [0, 0.1) is 18.8 Å². The SMILES string of the molecule is Cc1nccc(CNC(=O)[C@@H]2CCC[C@@H]2C(=O)O)n1. The van der Waals surface area contributed by atoms with Crippen LogP contribution in [0.15, 0.2) is 12.3 Å². The minimum Gasteiger partial charge on any atom is -0.481 e. The second-order valence-corrected chi connectivity index (χ2v) is 4.80. The lowest BCUT2D eigenvalue weighted by atomic mass is 9.95. The van der Waals surface area contributed by atoms with Gasteiger partial charge >= 0.3 is 5.97 Å². The van der Waals surface area contributed by atoms with Gasteiger partial charge in [-0.3, -0.25) is 9.59 Å². The van der Waals surface area contributed by atoms with Crippen molar-refractivity contribution in [1.29, 1.82) is 0 Å². The molecular formula is C13H17N3O3. The number of hydrogen-bond donors (Lipinski definition) is 2. The number of carboxylic acid groups (broad SMARTS) is 1. The summed E-state index contributed by atoms with van der Waals surface area (Å²) in [4.78, 5) is 31.2. The summed E-state index contributed by atoms with van der Waals surface area (Å²) in [6.45, 7) is 2.09. The first-order chi connectivity index (χ1) is 9.08. The lowest BCUT2D eigenvalue weighted by Gasteiger charge is -2.15. The van der Waals surface area contributed by atoms with Gasteiger partial charge in [-0.15, -0.1) is 0 Å². The van der Waals surface area contributed by atoms with Crippen molar-refractivity contribution >= 4 is 11.9 Å². The molecule has 1 aromatic heterocycles. The molecule has 1 saturated carbocycles. The maximum atomic E-state index is 12.0. The fourth-order valence-electron chi connectivity index (χ4n) is 2.48. The van der Waals surface area contributed by atoms with E-state index in [2.05, 4.69) is 15.3 Å². The molecule has 1 aliphatic carbocycles. The molecule has 1 aliphatic rings. The molecule has 0 aromatic carbocycles. The van der Waals surface area contributed by atoms with Gasteiger partial charge < -0.3 is 10.4 Å². The highest BCUT2D eigenvalue weighted by Crippen LogP contribution is 2.32. The van der Waals surface area contributed by atoms with Crippen LogP contribution >= 0.6 is 0 Å². The summed E-state index contributed by atoms with van der Waals surface area (Å²) < 4.78 is 0. The van der Waals surface area contributed by atoms with Crippen LogP contribution in [0.2, 0.25) is 0 Å². The number of aryl methyl sites for hydroxylation is 1. The van der Waals surface area contributed by atoms with Crippen molar-refractivity contribution < 1.29 is 14.7 Å². The number of nitrogens with one attached hydrogen (secondary N) is 1. The van der Waals surface area contributed by atoms with Gasteiger partial charge in [0.2, 0.25) is 5.91 Å². The molecule has 1 aromatic rings. The van der Waals surface area contributed by atoms with Gasteiger partial charge in [0.1, 0.15) is 5.82 Å². The average Bonchev–Trinajstić information content (AvgIpc) is 2.85. The van der Waals surface area contributed by atoms with E-state index in [-0.39, 0.29) is 5.91 Å². The Labute approximate surface area is 111 Å². The van der Waals surface area contributed by atoms with Gasteiger partial charge in [-0.2, -0.15) is 0 Å². The molecule has 0 spiro atoms. The number of aromatic nitrogens is 2. The van der Waals surface area contributed by atoms with Gasteiger partial charge in [-0.1, -0.05) is 6.42 Å². The highest BCUT2D eigenvalue weighted by Gasteiger charge is 2.37. The van der Waals surface area contributed by atoms with Crippen molar-refractivity contribution in [2.75, 3.05) is 0 Å². The summed E-state index contributed by atoms with van der Waals surface area (Å²) in [6.07, 6.45) is 3.66. The van der Waals surface area contributed by atoms with Crippen LogP contribution in [0.4, 0.5) is 0 Å². The van der Waals surface area contributed by atoms with E-state index in [9.17, 15) is 9.59 Å². The van der Waals surface area contributed by atoms with E-state index in [0.717, 1.165) is 12.1 Å². The molecular weight excluding hydrogens is 246 g/mol. The molecule has 6 nitrogen and oxygen atoms in total. The largest absolute Gasteiger partial charge is 0.481 e. The topological polar surface area (TPSA) is 92.2 Å². The first-order valence-corrected chi connectivity index (χ1v) is 6.37. The lowest BCUT2D eigenvalue weighted by Crippen LogP contribution is -2.35. The van der Waals surface area contributed by atoms with E-state index in [1.807, 2.05) is 0 Å². The van der Waals surface area contributed by atoms with Gasteiger partial charge in [0, 0.05) is 6.20 Å². The average molecular weight is 263 g/mol. The van der Waals surface area contributed by atoms with E-state index < -0.39 is 17.8 Å². The Balaban J connectivity index is 1.92. The van der Waals surface area contributed by atoms with E-state index >= 15 is 0 Å². The number of carbonyl (C=O) groups is 2. The van der Waals surface area contributed by atoms with Gasteiger partial charge in [0.25, 0.3) is 0 Å². The molecule has 1 fully saturated rings. The first-order valence-electron chi connectivity index (χ1n) is 6.37. The highest BCUT2D eigenvalue weighted by molar-refractivity contribution is 5.85. The first kappa shape index (κ1) is 13.5. The predicted molar refractivity (Wildman–Crippen MR) is 67.1 cm³/mol. The van der Waals surface area contributed by atoms with Crippen molar-refractivity contribution in [3.63, 3.8) is 0 Å². The molecule has 0 bridgehead atoms. The standard InChI is InChI=1S/C13H17N3O3/c1-8-14-6-5-9(16-8)7-15-12(17)10-3-2-4-11(10)13(18)19/h5-6,10-11H,2-4,7H2,1H3,(H,15,17)(H,18,19)/t10-,11+/m1/s1. The van der Waals surface area contributed by atoms with Crippen molar-refractivity contribution in [2.45, 2.75) is 32.7 Å². The van der Waals surface area contributed by atoms with Crippen molar-refractivity contribution in [3.05, 3.63) is 23.8 Å². The quantitative estimate of drug-likeness (QED) is 0.842. The van der Waals surface area contributed by atoms with E-state index in [1.54, 1.807) is 19.2 Å². The van der Waals surface area contributed by atoms with E-state index in [0.29, 0.717) is 25.2 Å². The monoisotopic (exact) mass is 263 g/mol. The Morgan fingerprint density at radius 1 is 1.42 bits per heavy atom. The maximum Gasteiger partial charge on any atom is 0.307 e. The van der Waals surface area contributed by atoms with Crippen molar-refractivity contribution in [1.82, 2.24) is 15.3 Å². The van der Waals surface area contributed by atoms with Crippen molar-refractivity contribution in [3.8, 4) is 0 Å². The number of carbonyl (C=O) groups excluding carboxylic acids is 1. The molecule has 6 heteroatoms. The molecule has 0 radical (unpaired) electrons.